The molecule has 0 aliphatic carbocycles. The van der Waals surface area contributed by atoms with Crippen LogP contribution in [0.2, 0.25) is 0 Å². The van der Waals surface area contributed by atoms with Crippen molar-refractivity contribution in [3.63, 3.8) is 0 Å². The Morgan fingerprint density at radius 3 is 2.83 bits per heavy atom. The number of aryl methyl sites for hydroxylation is 1. The molecular weight excluding hydrogens is 188 g/mol. The zero-order chi connectivity index (χ0) is 8.97. The highest BCUT2D eigenvalue weighted by molar-refractivity contribution is 8.01. The quantitative estimate of drug-likeness (QED) is 0.552. The summed E-state index contributed by atoms with van der Waals surface area (Å²) >= 11 is 3.36. The van der Waals surface area contributed by atoms with E-state index < -0.39 is 0 Å². The molecule has 0 aromatic carbocycles. The molecule has 0 unspecified atom stereocenters. The van der Waals surface area contributed by atoms with Gasteiger partial charge < -0.3 is 0 Å². The molecule has 1 rings (SSSR count). The van der Waals surface area contributed by atoms with E-state index in [0.29, 0.717) is 0 Å². The van der Waals surface area contributed by atoms with Gasteiger partial charge in [0.15, 0.2) is 4.34 Å². The number of hydrogen-bond acceptors (Lipinski definition) is 4. The fourth-order valence-corrected chi connectivity index (χ4v) is 2.42. The van der Waals surface area contributed by atoms with Gasteiger partial charge in [-0.05, 0) is 13.3 Å². The molecule has 0 amide bonds. The van der Waals surface area contributed by atoms with Crippen molar-refractivity contribution in [3.8, 4) is 0 Å². The third-order valence-electron chi connectivity index (χ3n) is 1.41. The van der Waals surface area contributed by atoms with Gasteiger partial charge in [0.05, 0.1) is 0 Å². The van der Waals surface area contributed by atoms with E-state index in [-0.39, 0.29) is 0 Å². The van der Waals surface area contributed by atoms with Gasteiger partial charge in [0, 0.05) is 5.75 Å². The Kier molecular flexibility index (Phi) is 3.75. The van der Waals surface area contributed by atoms with Crippen LogP contribution < -0.4 is 0 Å². The Morgan fingerprint density at radius 1 is 1.58 bits per heavy atom. The first-order valence-electron chi connectivity index (χ1n) is 3.82. The summed E-state index contributed by atoms with van der Waals surface area (Å²) in [4.78, 5) is 0. The van der Waals surface area contributed by atoms with E-state index >= 15 is 0 Å². The number of rotatable bonds is 4. The molecule has 0 atom stereocenters. The van der Waals surface area contributed by atoms with Gasteiger partial charge in [0.25, 0.3) is 0 Å². The van der Waals surface area contributed by atoms with Crippen LogP contribution in [0, 0.1) is 6.92 Å². The summed E-state index contributed by atoms with van der Waals surface area (Å²) in [7, 11) is 0. The van der Waals surface area contributed by atoms with Crippen molar-refractivity contribution in [1.29, 1.82) is 0 Å². The van der Waals surface area contributed by atoms with Crippen molar-refractivity contribution in [2.75, 3.05) is 5.75 Å². The van der Waals surface area contributed by atoms with Gasteiger partial charge in [0.2, 0.25) is 0 Å². The van der Waals surface area contributed by atoms with Crippen LogP contribution in [0.5, 0.6) is 0 Å². The third kappa shape index (κ3) is 2.95. The highest BCUT2D eigenvalue weighted by Crippen LogP contribution is 2.23. The van der Waals surface area contributed by atoms with Crippen molar-refractivity contribution in [3.05, 3.63) is 17.2 Å². The van der Waals surface area contributed by atoms with E-state index in [4.69, 9.17) is 0 Å². The topological polar surface area (TPSA) is 25.8 Å². The molecular formula is C8H12N2S2. The zero-order valence-corrected chi connectivity index (χ0v) is 8.97. The van der Waals surface area contributed by atoms with Gasteiger partial charge in [0.1, 0.15) is 5.01 Å². The lowest BCUT2D eigenvalue weighted by atomic mass is 10.3. The molecule has 0 saturated heterocycles. The standard InChI is InChI=1S/C8H12N2S2/c1-4-6(2)5-11-8-10-9-7(3)12-8/h2,4-5H2,1,3H3. The van der Waals surface area contributed by atoms with Gasteiger partial charge in [-0.3, -0.25) is 0 Å². The molecule has 0 bridgehead atoms. The molecule has 12 heavy (non-hydrogen) atoms. The van der Waals surface area contributed by atoms with E-state index in [2.05, 4.69) is 23.7 Å². The lowest BCUT2D eigenvalue weighted by Crippen LogP contribution is -1.82. The minimum Gasteiger partial charge on any atom is -0.143 e. The van der Waals surface area contributed by atoms with E-state index in [0.717, 1.165) is 21.5 Å². The first kappa shape index (κ1) is 9.74. The molecule has 1 aromatic heterocycles. The summed E-state index contributed by atoms with van der Waals surface area (Å²) in [6.07, 6.45) is 1.05. The SMILES string of the molecule is C=C(CC)CSc1nnc(C)s1. The molecule has 1 aromatic rings. The van der Waals surface area contributed by atoms with Crippen molar-refractivity contribution < 1.29 is 0 Å². The second kappa shape index (κ2) is 4.62. The monoisotopic (exact) mass is 200 g/mol. The van der Waals surface area contributed by atoms with Crippen LogP contribution in [0.15, 0.2) is 16.5 Å². The van der Waals surface area contributed by atoms with Gasteiger partial charge >= 0.3 is 0 Å². The van der Waals surface area contributed by atoms with Crippen molar-refractivity contribution in [2.24, 2.45) is 0 Å². The zero-order valence-electron chi connectivity index (χ0n) is 7.33. The molecule has 0 N–H and O–H groups in total. The maximum absolute atomic E-state index is 4.01. The molecule has 4 heteroatoms. The van der Waals surface area contributed by atoms with Gasteiger partial charge in [-0.25, -0.2) is 0 Å². The van der Waals surface area contributed by atoms with Crippen molar-refractivity contribution in [1.82, 2.24) is 10.2 Å². The predicted octanol–water partition coefficient (Wildman–Crippen LogP) is 2.90. The Balaban J connectivity index is 2.38. The smallest absolute Gasteiger partial charge is 0.143 e. The maximum Gasteiger partial charge on any atom is 0.174 e. The van der Waals surface area contributed by atoms with Crippen LogP contribution in [0.25, 0.3) is 0 Å². The van der Waals surface area contributed by atoms with Crippen LogP contribution in [-0.2, 0) is 0 Å². The van der Waals surface area contributed by atoms with E-state index in [9.17, 15) is 0 Å². The average molecular weight is 200 g/mol. The Hall–Kier alpha value is -0.350. The summed E-state index contributed by atoms with van der Waals surface area (Å²) in [6, 6.07) is 0. The predicted molar refractivity (Wildman–Crippen MR) is 54.8 cm³/mol. The first-order valence-corrected chi connectivity index (χ1v) is 5.62. The second-order valence-electron chi connectivity index (χ2n) is 2.48. The number of thioether (sulfide) groups is 1. The van der Waals surface area contributed by atoms with Crippen molar-refractivity contribution >= 4 is 23.1 Å². The maximum atomic E-state index is 4.01. The van der Waals surface area contributed by atoms with Crippen LogP contribution in [0.4, 0.5) is 0 Å². The lowest BCUT2D eigenvalue weighted by molar-refractivity contribution is 0.983. The summed E-state index contributed by atoms with van der Waals surface area (Å²) < 4.78 is 1.04. The van der Waals surface area contributed by atoms with E-state index in [1.165, 1.54) is 5.57 Å². The summed E-state index contributed by atoms with van der Waals surface area (Å²) in [6.45, 7) is 8.02. The van der Waals surface area contributed by atoms with E-state index in [1.54, 1.807) is 23.1 Å². The minimum absolute atomic E-state index is 0.963. The van der Waals surface area contributed by atoms with E-state index in [1.807, 2.05) is 6.92 Å². The molecule has 1 heterocycles. The second-order valence-corrected chi connectivity index (χ2v) is 4.88. The van der Waals surface area contributed by atoms with Crippen LogP contribution in [0.1, 0.15) is 18.4 Å². The summed E-state index contributed by atoms with van der Waals surface area (Å²) in [5.74, 6) is 0.963. The largest absolute Gasteiger partial charge is 0.174 e. The molecule has 0 saturated carbocycles. The molecule has 0 spiro atoms. The van der Waals surface area contributed by atoms with Crippen LogP contribution >= 0.6 is 23.1 Å². The molecule has 0 aliphatic rings. The number of nitrogens with zero attached hydrogens (tertiary/aromatic N) is 2. The normalized spacial score (nSPS) is 10.2. The van der Waals surface area contributed by atoms with Crippen molar-refractivity contribution in [2.45, 2.75) is 24.6 Å². The summed E-state index contributed by atoms with van der Waals surface area (Å²) in [5.41, 5.74) is 1.26. The minimum atomic E-state index is 0.963. The fraction of sp³-hybridized carbons (Fsp3) is 0.500. The molecule has 2 nitrogen and oxygen atoms in total. The molecule has 0 aliphatic heterocycles. The third-order valence-corrected chi connectivity index (χ3v) is 3.53. The Morgan fingerprint density at radius 2 is 2.33 bits per heavy atom. The van der Waals surface area contributed by atoms with Gasteiger partial charge in [-0.1, -0.05) is 42.2 Å². The number of aromatic nitrogens is 2. The highest BCUT2D eigenvalue weighted by atomic mass is 32.2. The lowest BCUT2D eigenvalue weighted by Gasteiger charge is -1.97. The molecule has 0 fully saturated rings. The average Bonchev–Trinajstić information content (AvgIpc) is 2.47. The summed E-state index contributed by atoms with van der Waals surface area (Å²) in [5, 5.41) is 8.98. The van der Waals surface area contributed by atoms with Gasteiger partial charge in [-0.15, -0.1) is 10.2 Å². The fourth-order valence-electron chi connectivity index (χ4n) is 0.603. The van der Waals surface area contributed by atoms with Crippen LogP contribution in [0.3, 0.4) is 0 Å². The molecule has 66 valence electrons. The first-order chi connectivity index (χ1) is 5.72. The highest BCUT2D eigenvalue weighted by Gasteiger charge is 2.00. The van der Waals surface area contributed by atoms with Gasteiger partial charge in [-0.2, -0.15) is 0 Å². The number of hydrogen-bond donors (Lipinski definition) is 0. The Labute approximate surface area is 81.1 Å². The molecule has 0 radical (unpaired) electrons. The Bertz CT molecular complexity index is 268. The van der Waals surface area contributed by atoms with Crippen LogP contribution in [-0.4, -0.2) is 16.0 Å².